The summed E-state index contributed by atoms with van der Waals surface area (Å²) in [5.41, 5.74) is 0.0465. The van der Waals surface area contributed by atoms with Gasteiger partial charge in [0.25, 0.3) is 5.91 Å². The van der Waals surface area contributed by atoms with Crippen LogP contribution < -0.4 is 15.4 Å². The molecule has 4 rings (SSSR count). The molecular formula is C30H40N6O7. The molecular weight excluding hydrogens is 556 g/mol. The fraction of sp³-hybridized carbons (Fsp3) is 0.533. The molecule has 2 aliphatic heterocycles. The van der Waals surface area contributed by atoms with E-state index in [0.29, 0.717) is 11.4 Å². The molecule has 0 aliphatic carbocycles. The van der Waals surface area contributed by atoms with Gasteiger partial charge < -0.3 is 35.0 Å². The highest BCUT2D eigenvalue weighted by molar-refractivity contribution is 5.96. The van der Waals surface area contributed by atoms with Crippen molar-refractivity contribution in [2.24, 2.45) is 0 Å². The van der Waals surface area contributed by atoms with Gasteiger partial charge in [0.1, 0.15) is 23.4 Å². The SMILES string of the molecule is CC(C)(C)OC(=O)N1CCN(C(=O)[C@H](CCC(=O)O)NC(=O)c2cc(OC3CCNCC3)nc(-c3ccccc3)n2)CC1. The van der Waals surface area contributed by atoms with Crippen LogP contribution in [0.4, 0.5) is 4.79 Å². The Balaban J connectivity index is 1.50. The van der Waals surface area contributed by atoms with Crippen LogP contribution in [-0.4, -0.2) is 106 Å². The van der Waals surface area contributed by atoms with Crippen molar-refractivity contribution in [3.8, 4) is 17.3 Å². The van der Waals surface area contributed by atoms with Gasteiger partial charge in [-0.25, -0.2) is 9.78 Å². The summed E-state index contributed by atoms with van der Waals surface area (Å²) in [5.74, 6) is -1.62. The summed E-state index contributed by atoms with van der Waals surface area (Å²) in [7, 11) is 0. The van der Waals surface area contributed by atoms with E-state index in [1.165, 1.54) is 15.9 Å². The van der Waals surface area contributed by atoms with Crippen LogP contribution in [0.5, 0.6) is 5.88 Å². The van der Waals surface area contributed by atoms with Crippen LogP contribution >= 0.6 is 0 Å². The van der Waals surface area contributed by atoms with Gasteiger partial charge >= 0.3 is 12.1 Å². The molecule has 2 aliphatic rings. The molecule has 0 bridgehead atoms. The molecule has 43 heavy (non-hydrogen) atoms. The maximum absolute atomic E-state index is 13.5. The first-order valence-electron chi connectivity index (χ1n) is 14.6. The van der Waals surface area contributed by atoms with E-state index in [0.717, 1.165) is 25.9 Å². The molecule has 1 aromatic carbocycles. The highest BCUT2D eigenvalue weighted by atomic mass is 16.6. The third-order valence-corrected chi connectivity index (χ3v) is 7.03. The van der Waals surface area contributed by atoms with E-state index in [-0.39, 0.29) is 56.7 Å². The molecule has 3 amide bonds. The van der Waals surface area contributed by atoms with Crippen molar-refractivity contribution in [1.82, 2.24) is 30.4 Å². The predicted molar refractivity (Wildman–Crippen MR) is 156 cm³/mol. The molecule has 1 atom stereocenters. The van der Waals surface area contributed by atoms with E-state index in [9.17, 15) is 24.3 Å². The molecule has 2 aromatic rings. The Hall–Kier alpha value is -4.26. The average molecular weight is 597 g/mol. The van der Waals surface area contributed by atoms with Gasteiger partial charge in [0.05, 0.1) is 0 Å². The average Bonchev–Trinajstić information content (AvgIpc) is 2.98. The summed E-state index contributed by atoms with van der Waals surface area (Å²) >= 11 is 0. The maximum Gasteiger partial charge on any atom is 0.410 e. The number of carboxylic acid groups (broad SMARTS) is 1. The van der Waals surface area contributed by atoms with Crippen LogP contribution in [0.15, 0.2) is 36.4 Å². The molecule has 0 radical (unpaired) electrons. The topological polar surface area (TPSA) is 163 Å². The lowest BCUT2D eigenvalue weighted by molar-refractivity contribution is -0.138. The van der Waals surface area contributed by atoms with E-state index in [2.05, 4.69) is 20.6 Å². The second kappa shape index (κ2) is 14.3. The number of ether oxygens (including phenoxy) is 2. The van der Waals surface area contributed by atoms with Gasteiger partial charge in [0.2, 0.25) is 11.8 Å². The van der Waals surface area contributed by atoms with Gasteiger partial charge in [-0.2, -0.15) is 4.98 Å². The fourth-order valence-electron chi connectivity index (χ4n) is 4.82. The van der Waals surface area contributed by atoms with E-state index < -0.39 is 35.5 Å². The first-order chi connectivity index (χ1) is 20.5. The van der Waals surface area contributed by atoms with Crippen LogP contribution in [0.3, 0.4) is 0 Å². The highest BCUT2D eigenvalue weighted by Gasteiger charge is 2.32. The number of hydrogen-bond acceptors (Lipinski definition) is 9. The summed E-state index contributed by atoms with van der Waals surface area (Å²) in [6.45, 7) is 7.92. The maximum atomic E-state index is 13.5. The van der Waals surface area contributed by atoms with Crippen LogP contribution in [0, 0.1) is 0 Å². The molecule has 0 spiro atoms. The number of carbonyl (C=O) groups excluding carboxylic acids is 3. The molecule has 2 saturated heterocycles. The number of aromatic nitrogens is 2. The zero-order valence-electron chi connectivity index (χ0n) is 24.9. The van der Waals surface area contributed by atoms with E-state index in [4.69, 9.17) is 9.47 Å². The molecule has 1 aromatic heterocycles. The zero-order chi connectivity index (χ0) is 31.0. The van der Waals surface area contributed by atoms with Crippen LogP contribution in [0.1, 0.15) is 56.9 Å². The Morgan fingerprint density at radius 2 is 1.67 bits per heavy atom. The summed E-state index contributed by atoms with van der Waals surface area (Å²) in [4.78, 5) is 62.9. The van der Waals surface area contributed by atoms with Crippen molar-refractivity contribution in [2.75, 3.05) is 39.3 Å². The Labute approximate surface area is 251 Å². The lowest BCUT2D eigenvalue weighted by Gasteiger charge is -2.37. The summed E-state index contributed by atoms with van der Waals surface area (Å²) in [6, 6.07) is 9.51. The van der Waals surface area contributed by atoms with Gasteiger partial charge in [0.15, 0.2) is 5.82 Å². The highest BCUT2D eigenvalue weighted by Crippen LogP contribution is 2.22. The second-order valence-corrected chi connectivity index (χ2v) is 11.6. The summed E-state index contributed by atoms with van der Waals surface area (Å²) < 4.78 is 11.5. The van der Waals surface area contributed by atoms with Crippen molar-refractivity contribution in [2.45, 2.75) is 64.2 Å². The number of amides is 3. The third-order valence-electron chi connectivity index (χ3n) is 7.03. The quantitative estimate of drug-likeness (QED) is 0.391. The van der Waals surface area contributed by atoms with Gasteiger partial charge in [0, 0.05) is 44.2 Å². The summed E-state index contributed by atoms with van der Waals surface area (Å²) in [6.07, 6.45) is 0.618. The number of benzene rings is 1. The lowest BCUT2D eigenvalue weighted by atomic mass is 10.1. The number of nitrogens with zero attached hydrogens (tertiary/aromatic N) is 4. The Morgan fingerprint density at radius 1 is 1.02 bits per heavy atom. The largest absolute Gasteiger partial charge is 0.481 e. The van der Waals surface area contributed by atoms with Crippen molar-refractivity contribution >= 4 is 23.9 Å². The Morgan fingerprint density at radius 3 is 2.30 bits per heavy atom. The second-order valence-electron chi connectivity index (χ2n) is 11.6. The number of aliphatic carboxylic acids is 1. The zero-order valence-corrected chi connectivity index (χ0v) is 24.9. The number of rotatable bonds is 9. The third kappa shape index (κ3) is 9.37. The Bertz CT molecular complexity index is 1290. The number of carbonyl (C=O) groups is 4. The number of nitrogens with one attached hydrogen (secondary N) is 2. The lowest BCUT2D eigenvalue weighted by Crippen LogP contribution is -2.56. The molecule has 13 nitrogen and oxygen atoms in total. The monoisotopic (exact) mass is 596 g/mol. The van der Waals surface area contributed by atoms with Crippen LogP contribution in [0.2, 0.25) is 0 Å². The molecule has 13 heteroatoms. The number of carboxylic acids is 1. The first kappa shape index (κ1) is 31.7. The van der Waals surface area contributed by atoms with Crippen molar-refractivity contribution in [3.05, 3.63) is 42.1 Å². The number of piperazine rings is 1. The van der Waals surface area contributed by atoms with E-state index >= 15 is 0 Å². The minimum absolute atomic E-state index is 0.000609. The fourth-order valence-corrected chi connectivity index (χ4v) is 4.82. The van der Waals surface area contributed by atoms with Crippen LogP contribution in [0.25, 0.3) is 11.4 Å². The summed E-state index contributed by atoms with van der Waals surface area (Å²) in [5, 5.41) is 15.3. The van der Waals surface area contributed by atoms with Crippen molar-refractivity contribution in [3.63, 3.8) is 0 Å². The normalized spacial score (nSPS) is 16.7. The van der Waals surface area contributed by atoms with E-state index in [1.807, 2.05) is 30.3 Å². The number of hydrogen-bond donors (Lipinski definition) is 3. The van der Waals surface area contributed by atoms with Gasteiger partial charge in [-0.15, -0.1) is 0 Å². The molecule has 232 valence electrons. The molecule has 3 N–H and O–H groups in total. The molecule has 2 fully saturated rings. The standard InChI is InChI=1S/C30H40N6O7/c1-30(2,3)43-29(41)36-17-15-35(16-18-36)28(40)22(9-10-25(37)38)33-27(39)23-19-24(42-21-11-13-31-14-12-21)34-26(32-23)20-7-5-4-6-8-20/h4-8,19,21-22,31H,9-18H2,1-3H3,(H,33,39)(H,37,38)/t22-/m0/s1. The predicted octanol–water partition coefficient (Wildman–Crippen LogP) is 2.32. The smallest absolute Gasteiger partial charge is 0.410 e. The minimum atomic E-state index is -1.11. The van der Waals surface area contributed by atoms with Gasteiger partial charge in [-0.1, -0.05) is 30.3 Å². The van der Waals surface area contributed by atoms with Crippen molar-refractivity contribution in [1.29, 1.82) is 0 Å². The Kier molecular flexibility index (Phi) is 10.5. The van der Waals surface area contributed by atoms with Crippen LogP contribution in [-0.2, 0) is 14.3 Å². The van der Waals surface area contributed by atoms with E-state index in [1.54, 1.807) is 20.8 Å². The van der Waals surface area contributed by atoms with Gasteiger partial charge in [-0.05, 0) is 53.1 Å². The first-order valence-corrected chi connectivity index (χ1v) is 14.6. The number of piperidine rings is 1. The minimum Gasteiger partial charge on any atom is -0.481 e. The molecule has 3 heterocycles. The molecule has 0 unspecified atom stereocenters. The van der Waals surface area contributed by atoms with Gasteiger partial charge in [-0.3, -0.25) is 14.4 Å². The van der Waals surface area contributed by atoms with Crippen molar-refractivity contribution < 1.29 is 33.8 Å². The molecule has 0 saturated carbocycles.